The molecule has 0 aliphatic carbocycles. The van der Waals surface area contributed by atoms with Gasteiger partial charge in [0, 0.05) is 19.0 Å². The fourth-order valence-corrected chi connectivity index (χ4v) is 2.00. The van der Waals surface area contributed by atoms with E-state index >= 15 is 0 Å². The Balaban J connectivity index is 2.18. The predicted molar refractivity (Wildman–Crippen MR) is 74.8 cm³/mol. The Labute approximate surface area is 114 Å². The van der Waals surface area contributed by atoms with E-state index in [-0.39, 0.29) is 0 Å². The van der Waals surface area contributed by atoms with Crippen molar-refractivity contribution in [2.45, 2.75) is 38.8 Å². The van der Waals surface area contributed by atoms with Gasteiger partial charge in [0.05, 0.1) is 18.8 Å². The normalized spacial score (nSPS) is 17.9. The van der Waals surface area contributed by atoms with E-state index in [4.69, 9.17) is 9.47 Å². The molecule has 4 heteroatoms. The quantitative estimate of drug-likeness (QED) is 0.875. The molecule has 4 nitrogen and oxygen atoms in total. The minimum Gasteiger partial charge on any atom is -0.490 e. The molecule has 2 N–H and O–H groups in total. The highest BCUT2D eigenvalue weighted by atomic mass is 16.5. The first-order valence-corrected chi connectivity index (χ1v) is 6.85. The second kappa shape index (κ2) is 5.80. The molecule has 0 amide bonds. The highest BCUT2D eigenvalue weighted by molar-refractivity contribution is 5.45. The van der Waals surface area contributed by atoms with E-state index in [0.717, 1.165) is 23.5 Å². The zero-order chi connectivity index (χ0) is 13.9. The van der Waals surface area contributed by atoms with Crippen LogP contribution in [0.5, 0.6) is 11.5 Å². The Hall–Kier alpha value is -1.26. The first kappa shape index (κ1) is 14.2. The van der Waals surface area contributed by atoms with Crippen molar-refractivity contribution in [3.63, 3.8) is 0 Å². The van der Waals surface area contributed by atoms with Crippen molar-refractivity contribution in [1.29, 1.82) is 0 Å². The van der Waals surface area contributed by atoms with Crippen molar-refractivity contribution in [1.82, 2.24) is 5.32 Å². The van der Waals surface area contributed by atoms with Gasteiger partial charge in [-0.25, -0.2) is 0 Å². The van der Waals surface area contributed by atoms with E-state index in [9.17, 15) is 5.11 Å². The van der Waals surface area contributed by atoms with Crippen LogP contribution in [0, 0.1) is 0 Å². The van der Waals surface area contributed by atoms with Crippen LogP contribution in [0.2, 0.25) is 0 Å². The van der Waals surface area contributed by atoms with Crippen LogP contribution in [0.1, 0.15) is 32.8 Å². The van der Waals surface area contributed by atoms with Gasteiger partial charge in [0.1, 0.15) is 0 Å². The SMILES string of the molecule is CC(C)NCC(C)(O)c1ccc2c(c1)OCCCO2. The Kier molecular flexibility index (Phi) is 4.32. The average molecular weight is 265 g/mol. The van der Waals surface area contributed by atoms with Gasteiger partial charge in [0.2, 0.25) is 0 Å². The number of hydrogen-bond donors (Lipinski definition) is 2. The molecule has 0 saturated heterocycles. The minimum atomic E-state index is -0.922. The van der Waals surface area contributed by atoms with Crippen LogP contribution < -0.4 is 14.8 Å². The standard InChI is InChI=1S/C15H23NO3/c1-11(2)16-10-15(3,17)12-5-6-13-14(9-12)19-8-4-7-18-13/h5-6,9,11,16-17H,4,7-8,10H2,1-3H3. The topological polar surface area (TPSA) is 50.7 Å². The van der Waals surface area contributed by atoms with Crippen LogP contribution in [-0.2, 0) is 5.60 Å². The third kappa shape index (κ3) is 3.61. The van der Waals surface area contributed by atoms with Gasteiger partial charge in [-0.15, -0.1) is 0 Å². The van der Waals surface area contributed by atoms with Gasteiger partial charge < -0.3 is 19.9 Å². The van der Waals surface area contributed by atoms with E-state index in [0.29, 0.717) is 25.8 Å². The lowest BCUT2D eigenvalue weighted by Gasteiger charge is -2.26. The molecule has 0 bridgehead atoms. The Morgan fingerprint density at radius 1 is 1.26 bits per heavy atom. The van der Waals surface area contributed by atoms with Gasteiger partial charge in [-0.1, -0.05) is 19.9 Å². The van der Waals surface area contributed by atoms with Crippen molar-refractivity contribution < 1.29 is 14.6 Å². The lowest BCUT2D eigenvalue weighted by atomic mass is 9.95. The minimum absolute atomic E-state index is 0.340. The van der Waals surface area contributed by atoms with Crippen LogP contribution in [0.15, 0.2) is 18.2 Å². The van der Waals surface area contributed by atoms with E-state index in [1.807, 2.05) is 25.1 Å². The maximum Gasteiger partial charge on any atom is 0.161 e. The van der Waals surface area contributed by atoms with E-state index < -0.39 is 5.60 Å². The maximum atomic E-state index is 10.5. The van der Waals surface area contributed by atoms with E-state index in [1.165, 1.54) is 0 Å². The van der Waals surface area contributed by atoms with Crippen LogP contribution in [0.4, 0.5) is 0 Å². The summed E-state index contributed by atoms with van der Waals surface area (Å²) in [6.07, 6.45) is 0.884. The highest BCUT2D eigenvalue weighted by Gasteiger charge is 2.25. The Bertz CT molecular complexity index is 429. The van der Waals surface area contributed by atoms with Gasteiger partial charge in [-0.3, -0.25) is 0 Å². The molecular formula is C15H23NO3. The lowest BCUT2D eigenvalue weighted by Crippen LogP contribution is -2.38. The van der Waals surface area contributed by atoms with E-state index in [1.54, 1.807) is 0 Å². The van der Waals surface area contributed by atoms with Crippen LogP contribution >= 0.6 is 0 Å². The number of hydrogen-bond acceptors (Lipinski definition) is 4. The summed E-state index contributed by atoms with van der Waals surface area (Å²) < 4.78 is 11.2. The molecule has 1 aromatic rings. The second-order valence-corrected chi connectivity index (χ2v) is 5.52. The van der Waals surface area contributed by atoms with E-state index in [2.05, 4.69) is 19.2 Å². The molecule has 1 aliphatic rings. The molecule has 106 valence electrons. The highest BCUT2D eigenvalue weighted by Crippen LogP contribution is 2.33. The van der Waals surface area contributed by atoms with Gasteiger partial charge in [0.15, 0.2) is 11.5 Å². The maximum absolute atomic E-state index is 10.5. The monoisotopic (exact) mass is 265 g/mol. The molecular weight excluding hydrogens is 242 g/mol. The molecule has 0 fully saturated rings. The van der Waals surface area contributed by atoms with Crippen molar-refractivity contribution in [2.75, 3.05) is 19.8 Å². The summed E-state index contributed by atoms with van der Waals surface area (Å²) in [6, 6.07) is 5.99. The largest absolute Gasteiger partial charge is 0.490 e. The van der Waals surface area contributed by atoms with Crippen LogP contribution in [0.25, 0.3) is 0 Å². The zero-order valence-corrected chi connectivity index (χ0v) is 11.9. The number of nitrogens with one attached hydrogen (secondary N) is 1. The number of benzene rings is 1. The zero-order valence-electron chi connectivity index (χ0n) is 11.9. The van der Waals surface area contributed by atoms with Gasteiger partial charge in [-0.05, 0) is 24.6 Å². The van der Waals surface area contributed by atoms with Gasteiger partial charge in [-0.2, -0.15) is 0 Å². The molecule has 0 spiro atoms. The lowest BCUT2D eigenvalue weighted by molar-refractivity contribution is 0.0546. The van der Waals surface area contributed by atoms with Gasteiger partial charge >= 0.3 is 0 Å². The second-order valence-electron chi connectivity index (χ2n) is 5.52. The summed E-state index contributed by atoms with van der Waals surface area (Å²) in [5, 5.41) is 13.8. The summed E-state index contributed by atoms with van der Waals surface area (Å²) >= 11 is 0. The summed E-state index contributed by atoms with van der Waals surface area (Å²) in [4.78, 5) is 0. The number of rotatable bonds is 4. The molecule has 19 heavy (non-hydrogen) atoms. The number of aliphatic hydroxyl groups is 1. The number of fused-ring (bicyclic) bond motifs is 1. The predicted octanol–water partition coefficient (Wildman–Crippen LogP) is 2.05. The molecule has 1 unspecified atom stereocenters. The summed E-state index contributed by atoms with van der Waals surface area (Å²) in [5.41, 5.74) is -0.0838. The van der Waals surface area contributed by atoms with Gasteiger partial charge in [0.25, 0.3) is 0 Å². The molecule has 1 atom stereocenters. The third-order valence-corrected chi connectivity index (χ3v) is 3.22. The van der Waals surface area contributed by atoms with Crippen molar-refractivity contribution in [3.05, 3.63) is 23.8 Å². The molecule has 1 aliphatic heterocycles. The van der Waals surface area contributed by atoms with Crippen LogP contribution in [-0.4, -0.2) is 30.9 Å². The molecule has 0 radical (unpaired) electrons. The van der Waals surface area contributed by atoms with Crippen molar-refractivity contribution in [3.8, 4) is 11.5 Å². The molecule has 0 aromatic heterocycles. The summed E-state index contributed by atoms with van der Waals surface area (Å²) in [7, 11) is 0. The summed E-state index contributed by atoms with van der Waals surface area (Å²) in [6.45, 7) is 7.76. The molecule has 1 heterocycles. The first-order chi connectivity index (χ1) is 8.99. The van der Waals surface area contributed by atoms with Crippen LogP contribution in [0.3, 0.4) is 0 Å². The molecule has 2 rings (SSSR count). The fourth-order valence-electron chi connectivity index (χ4n) is 2.00. The van der Waals surface area contributed by atoms with Crippen molar-refractivity contribution >= 4 is 0 Å². The average Bonchev–Trinajstić information content (AvgIpc) is 2.60. The molecule has 1 aromatic carbocycles. The fraction of sp³-hybridized carbons (Fsp3) is 0.600. The molecule has 0 saturated carbocycles. The summed E-state index contributed by atoms with van der Waals surface area (Å²) in [5.74, 6) is 1.48. The Morgan fingerprint density at radius 2 is 1.95 bits per heavy atom. The Morgan fingerprint density at radius 3 is 2.63 bits per heavy atom. The smallest absolute Gasteiger partial charge is 0.161 e. The third-order valence-electron chi connectivity index (χ3n) is 3.22. The van der Waals surface area contributed by atoms with Crippen molar-refractivity contribution in [2.24, 2.45) is 0 Å². The number of ether oxygens (including phenoxy) is 2. The first-order valence-electron chi connectivity index (χ1n) is 6.85.